The SMILES string of the molecule is CCBc1ccc(Cl)cc1C. The van der Waals surface area contributed by atoms with Gasteiger partial charge in [0.15, 0.2) is 7.28 Å². The summed E-state index contributed by atoms with van der Waals surface area (Å²) in [6.45, 7) is 4.30. The van der Waals surface area contributed by atoms with Gasteiger partial charge in [0, 0.05) is 5.02 Å². The van der Waals surface area contributed by atoms with E-state index in [1.807, 2.05) is 12.1 Å². The van der Waals surface area contributed by atoms with Crippen LogP contribution in [0.25, 0.3) is 0 Å². The molecular weight excluding hydrogens is 154 g/mol. The van der Waals surface area contributed by atoms with Crippen LogP contribution in [0.1, 0.15) is 12.5 Å². The second kappa shape index (κ2) is 3.82. The molecule has 0 aliphatic carbocycles. The number of benzene rings is 1. The number of halogens is 1. The van der Waals surface area contributed by atoms with E-state index in [1.54, 1.807) is 0 Å². The molecule has 1 aromatic rings. The first-order valence-corrected chi connectivity index (χ1v) is 4.37. The van der Waals surface area contributed by atoms with Gasteiger partial charge in [-0.15, -0.1) is 0 Å². The lowest BCUT2D eigenvalue weighted by atomic mass is 9.66. The van der Waals surface area contributed by atoms with E-state index in [2.05, 4.69) is 19.9 Å². The first-order valence-electron chi connectivity index (χ1n) is 3.99. The second-order valence-corrected chi connectivity index (χ2v) is 3.26. The van der Waals surface area contributed by atoms with Crippen LogP contribution in [0.15, 0.2) is 18.2 Å². The molecule has 11 heavy (non-hydrogen) atoms. The molecule has 1 aromatic carbocycles. The molecule has 0 heterocycles. The Morgan fingerprint density at radius 3 is 2.73 bits per heavy atom. The zero-order valence-electron chi connectivity index (χ0n) is 7.02. The molecule has 0 N–H and O–H groups in total. The van der Waals surface area contributed by atoms with Crippen LogP contribution in [0.4, 0.5) is 0 Å². The second-order valence-electron chi connectivity index (χ2n) is 2.82. The largest absolute Gasteiger partial charge is 0.157 e. The highest BCUT2D eigenvalue weighted by Gasteiger charge is 1.97. The van der Waals surface area contributed by atoms with Crippen LogP contribution in [0, 0.1) is 6.92 Å². The maximum atomic E-state index is 5.82. The molecule has 0 saturated carbocycles. The van der Waals surface area contributed by atoms with Crippen LogP contribution in [0.2, 0.25) is 11.3 Å². The van der Waals surface area contributed by atoms with Crippen LogP contribution in [0.5, 0.6) is 0 Å². The molecular formula is C9H12BCl. The molecule has 0 unspecified atom stereocenters. The molecule has 0 saturated heterocycles. The van der Waals surface area contributed by atoms with E-state index in [0.717, 1.165) is 12.3 Å². The highest BCUT2D eigenvalue weighted by molar-refractivity contribution is 6.54. The summed E-state index contributed by atoms with van der Waals surface area (Å²) in [6.07, 6.45) is 1.20. The molecule has 0 atom stereocenters. The average molecular weight is 166 g/mol. The van der Waals surface area contributed by atoms with Crippen molar-refractivity contribution in [2.75, 3.05) is 0 Å². The van der Waals surface area contributed by atoms with E-state index < -0.39 is 0 Å². The number of hydrogen-bond donors (Lipinski definition) is 0. The van der Waals surface area contributed by atoms with E-state index in [4.69, 9.17) is 11.6 Å². The summed E-state index contributed by atoms with van der Waals surface area (Å²) < 4.78 is 0. The van der Waals surface area contributed by atoms with Crippen molar-refractivity contribution in [1.29, 1.82) is 0 Å². The fraction of sp³-hybridized carbons (Fsp3) is 0.333. The maximum Gasteiger partial charge on any atom is 0.157 e. The van der Waals surface area contributed by atoms with E-state index >= 15 is 0 Å². The lowest BCUT2D eigenvalue weighted by Crippen LogP contribution is -2.15. The lowest BCUT2D eigenvalue weighted by molar-refractivity contribution is 1.44. The Balaban J connectivity index is 2.90. The van der Waals surface area contributed by atoms with Crippen LogP contribution in [-0.4, -0.2) is 7.28 Å². The van der Waals surface area contributed by atoms with E-state index in [1.165, 1.54) is 17.3 Å². The zero-order valence-corrected chi connectivity index (χ0v) is 7.78. The van der Waals surface area contributed by atoms with Crippen molar-refractivity contribution < 1.29 is 0 Å². The van der Waals surface area contributed by atoms with Crippen molar-refractivity contribution in [2.24, 2.45) is 0 Å². The van der Waals surface area contributed by atoms with Gasteiger partial charge in [0.2, 0.25) is 0 Å². The number of hydrogen-bond acceptors (Lipinski definition) is 0. The van der Waals surface area contributed by atoms with Gasteiger partial charge in [-0.3, -0.25) is 0 Å². The molecule has 0 spiro atoms. The highest BCUT2D eigenvalue weighted by atomic mass is 35.5. The molecule has 0 amide bonds. The molecule has 0 radical (unpaired) electrons. The molecule has 58 valence electrons. The van der Waals surface area contributed by atoms with Gasteiger partial charge in [-0.25, -0.2) is 0 Å². The van der Waals surface area contributed by atoms with Crippen molar-refractivity contribution in [1.82, 2.24) is 0 Å². The maximum absolute atomic E-state index is 5.82. The Labute approximate surface area is 73.8 Å². The Kier molecular flexibility index (Phi) is 3.01. The predicted molar refractivity (Wildman–Crippen MR) is 53.5 cm³/mol. The minimum Gasteiger partial charge on any atom is -0.0843 e. The molecule has 0 aliphatic heterocycles. The summed E-state index contributed by atoms with van der Waals surface area (Å²) in [5.41, 5.74) is 2.72. The third-order valence-electron chi connectivity index (χ3n) is 1.82. The van der Waals surface area contributed by atoms with Crippen molar-refractivity contribution in [3.63, 3.8) is 0 Å². The lowest BCUT2D eigenvalue weighted by Gasteiger charge is -2.02. The normalized spacial score (nSPS) is 9.73. The Bertz CT molecular complexity index is 245. The van der Waals surface area contributed by atoms with Crippen LogP contribution in [-0.2, 0) is 0 Å². The summed E-state index contributed by atoms with van der Waals surface area (Å²) >= 11 is 5.82. The van der Waals surface area contributed by atoms with Gasteiger partial charge in [-0.1, -0.05) is 41.9 Å². The van der Waals surface area contributed by atoms with Gasteiger partial charge in [0.05, 0.1) is 0 Å². The summed E-state index contributed by atoms with van der Waals surface area (Å²) in [6, 6.07) is 6.09. The molecule has 0 bridgehead atoms. The summed E-state index contributed by atoms with van der Waals surface area (Å²) in [5.74, 6) is 0. The Hall–Kier alpha value is -0.425. The van der Waals surface area contributed by atoms with Gasteiger partial charge < -0.3 is 0 Å². The molecule has 0 aliphatic rings. The molecule has 0 nitrogen and oxygen atoms in total. The van der Waals surface area contributed by atoms with Gasteiger partial charge in [0.25, 0.3) is 0 Å². The Morgan fingerprint density at radius 1 is 1.45 bits per heavy atom. The smallest absolute Gasteiger partial charge is 0.0843 e. The first-order chi connectivity index (χ1) is 5.24. The van der Waals surface area contributed by atoms with Crippen molar-refractivity contribution >= 4 is 24.3 Å². The summed E-state index contributed by atoms with van der Waals surface area (Å²) in [7, 11) is 1.16. The summed E-state index contributed by atoms with van der Waals surface area (Å²) in [4.78, 5) is 0. The average Bonchev–Trinajstić information content (AvgIpc) is 1.95. The van der Waals surface area contributed by atoms with E-state index in [-0.39, 0.29) is 0 Å². The number of rotatable bonds is 2. The summed E-state index contributed by atoms with van der Waals surface area (Å²) in [5, 5.41) is 0.836. The molecule has 0 fully saturated rings. The topological polar surface area (TPSA) is 0 Å². The Morgan fingerprint density at radius 2 is 2.18 bits per heavy atom. The minimum absolute atomic E-state index is 0.836. The molecule has 0 aromatic heterocycles. The van der Waals surface area contributed by atoms with Gasteiger partial charge in [-0.2, -0.15) is 0 Å². The first kappa shape index (κ1) is 8.67. The van der Waals surface area contributed by atoms with Crippen LogP contribution < -0.4 is 5.46 Å². The highest BCUT2D eigenvalue weighted by Crippen LogP contribution is 2.07. The standard InChI is InChI=1S/C9H12BCl/c1-3-10-9-5-4-8(11)6-7(9)2/h4-6,10H,3H2,1-2H3. The van der Waals surface area contributed by atoms with Gasteiger partial charge in [-0.05, 0) is 19.1 Å². The van der Waals surface area contributed by atoms with Crippen LogP contribution in [0.3, 0.4) is 0 Å². The van der Waals surface area contributed by atoms with Gasteiger partial charge >= 0.3 is 0 Å². The van der Waals surface area contributed by atoms with Crippen molar-refractivity contribution in [3.05, 3.63) is 28.8 Å². The van der Waals surface area contributed by atoms with Gasteiger partial charge in [0.1, 0.15) is 0 Å². The van der Waals surface area contributed by atoms with Crippen molar-refractivity contribution in [3.8, 4) is 0 Å². The third-order valence-corrected chi connectivity index (χ3v) is 2.06. The van der Waals surface area contributed by atoms with Crippen molar-refractivity contribution in [2.45, 2.75) is 20.2 Å². The molecule has 2 heteroatoms. The van der Waals surface area contributed by atoms with E-state index in [0.29, 0.717) is 0 Å². The van der Waals surface area contributed by atoms with Crippen LogP contribution >= 0.6 is 11.6 Å². The number of aryl methyl sites for hydroxylation is 1. The fourth-order valence-electron chi connectivity index (χ4n) is 1.21. The monoisotopic (exact) mass is 166 g/mol. The quantitative estimate of drug-likeness (QED) is 0.591. The van der Waals surface area contributed by atoms with E-state index in [9.17, 15) is 0 Å². The minimum atomic E-state index is 0.836. The predicted octanol–water partition coefficient (Wildman–Crippen LogP) is 2.15. The fourth-order valence-corrected chi connectivity index (χ4v) is 1.44. The third kappa shape index (κ3) is 2.26. The zero-order chi connectivity index (χ0) is 8.27. The molecule has 1 rings (SSSR count).